The van der Waals surface area contributed by atoms with Crippen LogP contribution in [0.1, 0.15) is 94.9 Å². The molecule has 3 aromatic heterocycles. The van der Waals surface area contributed by atoms with Crippen LogP contribution in [0.2, 0.25) is 0 Å². The van der Waals surface area contributed by atoms with E-state index in [2.05, 4.69) is 150 Å². The Morgan fingerprint density at radius 2 is 1.47 bits per heavy atom. The van der Waals surface area contributed by atoms with Gasteiger partial charge in [-0.05, 0) is 95.5 Å². The summed E-state index contributed by atoms with van der Waals surface area (Å²) in [5.74, 6) is 3.01. The van der Waals surface area contributed by atoms with Crippen molar-refractivity contribution in [3.8, 4) is 34.1 Å². The van der Waals surface area contributed by atoms with Crippen molar-refractivity contribution < 1.29 is 25.2 Å². The molecule has 0 unspecified atom stereocenters. The van der Waals surface area contributed by atoms with E-state index in [1.165, 1.54) is 39.1 Å². The number of aromatic nitrogens is 4. The monoisotopic (exact) mass is 792 g/mol. The van der Waals surface area contributed by atoms with Crippen LogP contribution in [0, 0.1) is 18.1 Å². The molecule has 0 bridgehead atoms. The fourth-order valence-electron chi connectivity index (χ4n) is 7.65. The van der Waals surface area contributed by atoms with Crippen molar-refractivity contribution >= 4 is 21.8 Å². The Balaban J connectivity index is 0.00000481. The molecule has 0 aliphatic rings. The van der Waals surface area contributed by atoms with Gasteiger partial charge in [0.15, 0.2) is 0 Å². The minimum atomic E-state index is 0. The van der Waals surface area contributed by atoms with Gasteiger partial charge < -0.3 is 9.30 Å². The maximum absolute atomic E-state index is 6.71. The van der Waals surface area contributed by atoms with E-state index in [0.29, 0.717) is 17.4 Å². The first-order chi connectivity index (χ1) is 25.2. The van der Waals surface area contributed by atoms with Crippen LogP contribution in [-0.4, -0.2) is 19.3 Å². The maximum Gasteiger partial charge on any atom is 2.00 e. The predicted molar refractivity (Wildman–Crippen MR) is 215 cm³/mol. The number of hydrogen-bond acceptors (Lipinski definition) is 3. The molecule has 4 aromatic carbocycles. The minimum Gasteiger partial charge on any atom is -0.509 e. The second-order valence-corrected chi connectivity index (χ2v) is 14.5. The van der Waals surface area contributed by atoms with E-state index >= 15 is 0 Å². The van der Waals surface area contributed by atoms with Gasteiger partial charge in [-0.1, -0.05) is 97.3 Å². The molecule has 0 spiro atoms. The molecule has 0 atom stereocenters. The molecule has 0 radical (unpaired) electrons. The van der Waals surface area contributed by atoms with Crippen molar-refractivity contribution in [2.45, 2.75) is 93.4 Å². The fraction of sp³-hybridized carbons (Fsp3) is 0.319. The number of nitrogens with zero attached hydrogens (tertiary/aromatic N) is 4. The van der Waals surface area contributed by atoms with Crippen LogP contribution in [0.5, 0.6) is 11.5 Å². The third-order valence-corrected chi connectivity index (χ3v) is 10.2. The normalized spacial score (nSPS) is 11.6. The molecule has 0 fully saturated rings. The largest absolute Gasteiger partial charge is 2.00 e. The van der Waals surface area contributed by atoms with Crippen molar-refractivity contribution in [3.63, 3.8) is 0 Å². The van der Waals surface area contributed by atoms with Crippen LogP contribution < -0.4 is 4.74 Å². The minimum absolute atomic E-state index is 0. The first-order valence-electron chi connectivity index (χ1n) is 19.1. The van der Waals surface area contributed by atoms with Crippen LogP contribution >= 0.6 is 0 Å². The molecule has 7 rings (SSSR count). The summed E-state index contributed by atoms with van der Waals surface area (Å²) in [6, 6.07) is 35.3. The SMILES string of the molecule is CCc1cccc(CC)c1-c1c(CC)nn(-c2[c-]c(Oc3[c-]c4c(cc3)c3ccccc3n4-c3cc(CC(C)C)ccn3)cc(C(C)C)c2)c1CC.[Pd+2]. The molecule has 5 nitrogen and oxygen atoms in total. The second-order valence-electron chi connectivity index (χ2n) is 14.5. The van der Waals surface area contributed by atoms with Gasteiger partial charge in [0.05, 0.1) is 5.69 Å². The Morgan fingerprint density at radius 3 is 2.15 bits per heavy atom. The number of fused-ring (bicyclic) bond motifs is 3. The third kappa shape index (κ3) is 7.37. The third-order valence-electron chi connectivity index (χ3n) is 10.2. The zero-order valence-electron chi connectivity index (χ0n) is 32.3. The summed E-state index contributed by atoms with van der Waals surface area (Å²) in [7, 11) is 0. The smallest absolute Gasteiger partial charge is 0.509 e. The molecular formula is C47H50N4OPd. The molecule has 0 N–H and O–H groups in total. The van der Waals surface area contributed by atoms with Gasteiger partial charge in [0, 0.05) is 34.5 Å². The summed E-state index contributed by atoms with van der Waals surface area (Å²) >= 11 is 0. The molecular weight excluding hydrogens is 743 g/mol. The first-order valence-corrected chi connectivity index (χ1v) is 19.1. The molecule has 0 saturated carbocycles. The van der Waals surface area contributed by atoms with Crippen molar-refractivity contribution in [1.29, 1.82) is 0 Å². The van der Waals surface area contributed by atoms with Crippen LogP contribution in [0.15, 0.2) is 85.1 Å². The molecule has 53 heavy (non-hydrogen) atoms. The molecule has 0 aliphatic heterocycles. The average Bonchev–Trinajstić information content (AvgIpc) is 3.69. The quantitative estimate of drug-likeness (QED) is 0.0914. The molecule has 274 valence electrons. The predicted octanol–water partition coefficient (Wildman–Crippen LogP) is 12.0. The van der Waals surface area contributed by atoms with Gasteiger partial charge in [-0.2, -0.15) is 11.2 Å². The Kier molecular flexibility index (Phi) is 11.7. The van der Waals surface area contributed by atoms with E-state index in [4.69, 9.17) is 14.8 Å². The second kappa shape index (κ2) is 16.3. The Bertz CT molecular complexity index is 2360. The number of para-hydroxylation sites is 1. The van der Waals surface area contributed by atoms with Gasteiger partial charge in [0.1, 0.15) is 5.82 Å². The zero-order chi connectivity index (χ0) is 36.5. The number of ether oxygens (including phenoxy) is 1. The summed E-state index contributed by atoms with van der Waals surface area (Å²) in [5, 5.41) is 7.57. The molecule has 0 saturated heterocycles. The van der Waals surface area contributed by atoms with Crippen LogP contribution in [0.3, 0.4) is 0 Å². The summed E-state index contributed by atoms with van der Waals surface area (Å²) in [6.07, 6.45) is 6.57. The summed E-state index contributed by atoms with van der Waals surface area (Å²) in [4.78, 5) is 4.84. The van der Waals surface area contributed by atoms with E-state index in [1.807, 2.05) is 12.3 Å². The van der Waals surface area contributed by atoms with Crippen LogP contribution in [0.4, 0.5) is 0 Å². The van der Waals surface area contributed by atoms with Crippen LogP contribution in [-0.2, 0) is 52.5 Å². The molecule has 0 aliphatic carbocycles. The number of hydrogen-bond donors (Lipinski definition) is 0. The van der Waals surface area contributed by atoms with E-state index < -0.39 is 0 Å². The van der Waals surface area contributed by atoms with Crippen LogP contribution in [0.25, 0.3) is 44.4 Å². The Hall–Kier alpha value is -4.50. The van der Waals surface area contributed by atoms with Gasteiger partial charge >= 0.3 is 20.4 Å². The summed E-state index contributed by atoms with van der Waals surface area (Å²) in [5.41, 5.74) is 13.1. The number of benzene rings is 4. The molecule has 0 amide bonds. The van der Waals surface area contributed by atoms with Gasteiger partial charge in [-0.3, -0.25) is 4.68 Å². The number of pyridine rings is 1. The number of aryl methyl sites for hydroxylation is 3. The first kappa shape index (κ1) is 38.2. The van der Waals surface area contributed by atoms with Gasteiger partial charge in [0.25, 0.3) is 0 Å². The molecule has 6 heteroatoms. The van der Waals surface area contributed by atoms with E-state index in [1.54, 1.807) is 0 Å². The fourth-order valence-corrected chi connectivity index (χ4v) is 7.65. The van der Waals surface area contributed by atoms with E-state index in [9.17, 15) is 0 Å². The Labute approximate surface area is 329 Å². The van der Waals surface area contributed by atoms with E-state index in [0.717, 1.165) is 71.1 Å². The van der Waals surface area contributed by atoms with Gasteiger partial charge in [0.2, 0.25) is 0 Å². The molecule has 3 heterocycles. The Morgan fingerprint density at radius 1 is 0.717 bits per heavy atom. The van der Waals surface area contributed by atoms with E-state index in [-0.39, 0.29) is 26.3 Å². The average molecular weight is 793 g/mol. The summed E-state index contributed by atoms with van der Waals surface area (Å²) < 4.78 is 11.0. The maximum atomic E-state index is 6.71. The molecule has 7 aromatic rings. The topological polar surface area (TPSA) is 44.9 Å². The summed E-state index contributed by atoms with van der Waals surface area (Å²) in [6.45, 7) is 17.9. The standard InChI is InChI=1S/C47H50N4O.Pd/c1-9-33-16-15-17-34(10-2)46(33)47-41(11-3)49-51(42(47)12-4)36-26-35(31(7)8)27-38(28-36)52-37-20-21-40-39-18-13-14-19-43(39)50(44(40)29-37)45-25-32(22-23-48-45)24-30(5)6;/h13-23,25-27,30-31H,9-12,24H2,1-8H3;/q-2;+2. The van der Waals surface area contributed by atoms with Crippen molar-refractivity contribution in [2.75, 3.05) is 0 Å². The van der Waals surface area contributed by atoms with Gasteiger partial charge in [-0.15, -0.1) is 41.3 Å². The van der Waals surface area contributed by atoms with Gasteiger partial charge in [-0.25, -0.2) is 4.98 Å². The van der Waals surface area contributed by atoms with Crippen molar-refractivity contribution in [3.05, 3.63) is 131 Å². The zero-order valence-corrected chi connectivity index (χ0v) is 33.8. The van der Waals surface area contributed by atoms with Crippen molar-refractivity contribution in [1.82, 2.24) is 19.3 Å². The van der Waals surface area contributed by atoms with Crippen molar-refractivity contribution in [2.24, 2.45) is 5.92 Å². The number of rotatable bonds is 12.